The molecule has 0 aliphatic heterocycles. The number of aromatic nitrogens is 3. The van der Waals surface area contributed by atoms with Gasteiger partial charge in [0.25, 0.3) is 11.5 Å². The fourth-order valence-electron chi connectivity index (χ4n) is 4.09. The molecule has 2 aromatic heterocycles. The maximum atomic E-state index is 13.6. The Bertz CT molecular complexity index is 1210. The number of nitrogens with zero attached hydrogens (tertiary/aromatic N) is 4. The van der Waals surface area contributed by atoms with Gasteiger partial charge in [-0.15, -0.1) is 0 Å². The lowest BCUT2D eigenvalue weighted by molar-refractivity contribution is 0.0948. The maximum absolute atomic E-state index is 13.6. The van der Waals surface area contributed by atoms with Crippen molar-refractivity contribution in [2.24, 2.45) is 4.99 Å². The van der Waals surface area contributed by atoms with Crippen molar-refractivity contribution in [2.75, 3.05) is 0 Å². The van der Waals surface area contributed by atoms with Crippen LogP contribution >= 0.6 is 0 Å². The van der Waals surface area contributed by atoms with Crippen molar-refractivity contribution in [3.63, 3.8) is 0 Å². The number of pyridine rings is 1. The number of hydrogen-bond acceptors (Lipinski definition) is 4. The van der Waals surface area contributed by atoms with Gasteiger partial charge in [-0.25, -0.2) is 4.68 Å². The molecule has 0 spiro atoms. The summed E-state index contributed by atoms with van der Waals surface area (Å²) >= 11 is 0. The number of aryl methyl sites for hydroxylation is 1. The van der Waals surface area contributed by atoms with Crippen molar-refractivity contribution in [2.45, 2.75) is 65.0 Å². The first kappa shape index (κ1) is 20.3. The van der Waals surface area contributed by atoms with E-state index >= 15 is 0 Å². The fraction of sp³-hybridized carbons (Fsp3) is 0.417. The van der Waals surface area contributed by atoms with Gasteiger partial charge in [-0.05, 0) is 57.4 Å². The number of fused-ring (bicyclic) bond motifs is 1. The van der Waals surface area contributed by atoms with Crippen LogP contribution in [0.15, 0.2) is 52.4 Å². The molecule has 0 saturated heterocycles. The minimum Gasteiger partial charge on any atom is -0.267 e. The van der Waals surface area contributed by atoms with E-state index < -0.39 is 0 Å². The molecular formula is C24H28N4O2. The minimum absolute atomic E-state index is 0.150. The smallest absolute Gasteiger partial charge is 0.267 e. The van der Waals surface area contributed by atoms with Crippen molar-refractivity contribution >= 4 is 16.7 Å². The first-order valence-corrected chi connectivity index (χ1v) is 10.7. The van der Waals surface area contributed by atoms with E-state index in [1.54, 1.807) is 22.9 Å². The van der Waals surface area contributed by atoms with E-state index in [4.69, 9.17) is 4.99 Å². The third-order valence-corrected chi connectivity index (χ3v) is 5.72. The van der Waals surface area contributed by atoms with Crippen LogP contribution in [0.4, 0.5) is 0 Å². The van der Waals surface area contributed by atoms with Crippen molar-refractivity contribution in [3.05, 3.63) is 69.7 Å². The predicted octanol–water partition coefficient (Wildman–Crippen LogP) is 4.01. The highest BCUT2D eigenvalue weighted by Crippen LogP contribution is 2.20. The highest BCUT2D eigenvalue weighted by Gasteiger charge is 2.20. The zero-order valence-electron chi connectivity index (χ0n) is 17.8. The quantitative estimate of drug-likeness (QED) is 0.662. The molecule has 6 nitrogen and oxygen atoms in total. The van der Waals surface area contributed by atoms with Crippen molar-refractivity contribution in [1.29, 1.82) is 0 Å². The largest absolute Gasteiger partial charge is 0.284 e. The van der Waals surface area contributed by atoms with Crippen molar-refractivity contribution in [1.82, 2.24) is 14.3 Å². The van der Waals surface area contributed by atoms with E-state index in [9.17, 15) is 9.59 Å². The molecule has 1 fully saturated rings. The topological polar surface area (TPSA) is 69.2 Å². The van der Waals surface area contributed by atoms with Gasteiger partial charge in [0, 0.05) is 11.6 Å². The fourth-order valence-corrected chi connectivity index (χ4v) is 4.09. The molecule has 0 amide bonds. The molecule has 1 aliphatic carbocycles. The van der Waals surface area contributed by atoms with Crippen LogP contribution in [0.3, 0.4) is 0 Å². The van der Waals surface area contributed by atoms with E-state index in [2.05, 4.69) is 5.10 Å². The molecule has 1 saturated carbocycles. The molecule has 156 valence electrons. The third kappa shape index (κ3) is 3.86. The molecule has 0 unspecified atom stereocenters. The Morgan fingerprint density at radius 1 is 1.10 bits per heavy atom. The molecule has 0 radical (unpaired) electrons. The molecule has 0 N–H and O–H groups in total. The van der Waals surface area contributed by atoms with Crippen molar-refractivity contribution in [3.8, 4) is 0 Å². The second-order valence-corrected chi connectivity index (χ2v) is 8.40. The summed E-state index contributed by atoms with van der Waals surface area (Å²) in [7, 11) is 0. The molecule has 6 heteroatoms. The molecule has 1 aliphatic rings. The van der Waals surface area contributed by atoms with Gasteiger partial charge in [-0.1, -0.05) is 37.5 Å². The molecular weight excluding hydrogens is 376 g/mol. The molecule has 0 bridgehead atoms. The van der Waals surface area contributed by atoms with Crippen LogP contribution in [0.1, 0.15) is 68.0 Å². The second-order valence-electron chi connectivity index (χ2n) is 8.40. The summed E-state index contributed by atoms with van der Waals surface area (Å²) in [6, 6.07) is 11.1. The monoisotopic (exact) mass is 404 g/mol. The van der Waals surface area contributed by atoms with Crippen LogP contribution in [0.25, 0.3) is 10.8 Å². The van der Waals surface area contributed by atoms with E-state index in [0.29, 0.717) is 16.3 Å². The van der Waals surface area contributed by atoms with Gasteiger partial charge in [0.15, 0.2) is 5.69 Å². The van der Waals surface area contributed by atoms with Gasteiger partial charge in [0.2, 0.25) is 0 Å². The summed E-state index contributed by atoms with van der Waals surface area (Å²) in [4.78, 5) is 31.4. The Hall–Kier alpha value is -3.02. The molecule has 1 aromatic carbocycles. The number of carbonyl (C=O) groups excluding carboxylic acids is 1. The number of benzene rings is 1. The summed E-state index contributed by atoms with van der Waals surface area (Å²) in [5.41, 5.74) is 1.80. The summed E-state index contributed by atoms with van der Waals surface area (Å²) < 4.78 is 2.97. The summed E-state index contributed by atoms with van der Waals surface area (Å²) in [6.07, 6.45) is 7.49. The Morgan fingerprint density at radius 3 is 2.50 bits per heavy atom. The Labute approximate surface area is 175 Å². The maximum Gasteiger partial charge on any atom is 0.284 e. The second kappa shape index (κ2) is 8.38. The van der Waals surface area contributed by atoms with Crippen LogP contribution in [-0.4, -0.2) is 26.3 Å². The molecule has 0 atom stereocenters. The highest BCUT2D eigenvalue weighted by atomic mass is 16.2. The SMILES string of the molecule is Cc1ccn(C(=O)c2nn(C(C)C)c(=O)c3ccccc23)c(=NC2CCCCC2)c1. The van der Waals surface area contributed by atoms with Gasteiger partial charge < -0.3 is 0 Å². The lowest BCUT2D eigenvalue weighted by atomic mass is 9.96. The zero-order valence-corrected chi connectivity index (χ0v) is 17.8. The molecule has 3 aromatic rings. The summed E-state index contributed by atoms with van der Waals surface area (Å²) in [6.45, 7) is 5.78. The van der Waals surface area contributed by atoms with Gasteiger partial charge >= 0.3 is 0 Å². The Balaban J connectivity index is 1.91. The first-order chi connectivity index (χ1) is 14.5. The van der Waals surface area contributed by atoms with Gasteiger partial charge in [0.1, 0.15) is 5.49 Å². The number of rotatable bonds is 3. The van der Waals surface area contributed by atoms with E-state index in [-0.39, 0.29) is 29.2 Å². The lowest BCUT2D eigenvalue weighted by Crippen LogP contribution is -2.33. The first-order valence-electron chi connectivity index (χ1n) is 10.7. The van der Waals surface area contributed by atoms with Gasteiger partial charge in [-0.3, -0.25) is 19.1 Å². The van der Waals surface area contributed by atoms with Crippen LogP contribution in [0.5, 0.6) is 0 Å². The zero-order chi connectivity index (χ0) is 21.3. The summed E-state index contributed by atoms with van der Waals surface area (Å²) in [5.74, 6) is -0.268. The average Bonchev–Trinajstić information content (AvgIpc) is 2.74. The standard InChI is InChI=1S/C24H28N4O2/c1-16(2)28-23(29)20-12-8-7-11-19(20)22(26-28)24(30)27-14-13-17(3)15-21(27)25-18-9-5-4-6-10-18/h7-8,11-16,18H,4-6,9-10H2,1-3H3. The lowest BCUT2D eigenvalue weighted by Gasteiger charge is -2.18. The van der Waals surface area contributed by atoms with Gasteiger partial charge in [-0.2, -0.15) is 5.10 Å². The average molecular weight is 405 g/mol. The molecule has 30 heavy (non-hydrogen) atoms. The van der Waals surface area contributed by atoms with Crippen LogP contribution in [-0.2, 0) is 0 Å². The van der Waals surface area contributed by atoms with Crippen LogP contribution < -0.4 is 11.0 Å². The van der Waals surface area contributed by atoms with E-state index in [1.165, 1.54) is 23.9 Å². The van der Waals surface area contributed by atoms with Gasteiger partial charge in [0.05, 0.1) is 17.5 Å². The third-order valence-electron chi connectivity index (χ3n) is 5.72. The Morgan fingerprint density at radius 2 is 1.80 bits per heavy atom. The normalized spacial score (nSPS) is 15.8. The predicted molar refractivity (Wildman–Crippen MR) is 118 cm³/mol. The van der Waals surface area contributed by atoms with E-state index in [1.807, 2.05) is 45.0 Å². The van der Waals surface area contributed by atoms with Crippen molar-refractivity contribution < 1.29 is 4.79 Å². The molecule has 4 rings (SSSR count). The molecule has 2 heterocycles. The number of hydrogen-bond donors (Lipinski definition) is 0. The van der Waals surface area contributed by atoms with Crippen LogP contribution in [0, 0.1) is 6.92 Å². The van der Waals surface area contributed by atoms with Crippen LogP contribution in [0.2, 0.25) is 0 Å². The van der Waals surface area contributed by atoms with E-state index in [0.717, 1.165) is 18.4 Å². The highest BCUT2D eigenvalue weighted by molar-refractivity contribution is 6.05. The Kier molecular flexibility index (Phi) is 5.66. The summed E-state index contributed by atoms with van der Waals surface area (Å²) in [5, 5.41) is 5.55. The number of carbonyl (C=O) groups is 1. The minimum atomic E-state index is -0.268.